The van der Waals surface area contributed by atoms with E-state index in [9.17, 15) is 18.4 Å². The summed E-state index contributed by atoms with van der Waals surface area (Å²) >= 11 is 0. The number of carbonyl (C=O) groups excluding carboxylic acids is 2. The number of nitrogens with one attached hydrogen (secondary N) is 1. The molecule has 0 bridgehead atoms. The molecule has 1 aromatic rings. The Balaban J connectivity index is 2.01. The largest absolute Gasteiger partial charge is 0.460 e. The van der Waals surface area contributed by atoms with Crippen LogP contribution in [0.15, 0.2) is 40.7 Å². The van der Waals surface area contributed by atoms with Crippen LogP contribution in [0.1, 0.15) is 44.6 Å². The highest BCUT2D eigenvalue weighted by Crippen LogP contribution is 2.42. The Morgan fingerprint density at radius 1 is 1.21 bits per heavy atom. The molecule has 5 nitrogen and oxygen atoms in total. The summed E-state index contributed by atoms with van der Waals surface area (Å²) in [7, 11) is 0. The van der Waals surface area contributed by atoms with Crippen molar-refractivity contribution in [2.45, 2.75) is 39.0 Å². The maximum absolute atomic E-state index is 13.9. The van der Waals surface area contributed by atoms with Gasteiger partial charge in [0.15, 0.2) is 17.4 Å². The molecule has 1 atom stereocenters. The number of benzene rings is 1. The van der Waals surface area contributed by atoms with Crippen molar-refractivity contribution in [2.75, 3.05) is 19.8 Å². The number of hydrogen-bond donors (Lipinski definition) is 1. The zero-order valence-corrected chi connectivity index (χ0v) is 15.9. The van der Waals surface area contributed by atoms with Crippen molar-refractivity contribution in [2.24, 2.45) is 0 Å². The minimum atomic E-state index is -1.02. The Hall–Kier alpha value is -2.54. The van der Waals surface area contributed by atoms with E-state index < -0.39 is 23.5 Å². The number of dihydropyridines is 1. The quantitative estimate of drug-likeness (QED) is 0.594. The van der Waals surface area contributed by atoms with Crippen LogP contribution < -0.4 is 5.32 Å². The summed E-state index contributed by atoms with van der Waals surface area (Å²) in [6, 6.07) is 3.45. The fraction of sp³-hybridized carbons (Fsp3) is 0.429. The molecule has 0 saturated carbocycles. The van der Waals surface area contributed by atoms with E-state index in [1.807, 2.05) is 6.92 Å². The standard InChI is InChI=1S/C21H23F2NO4/c1-3-27-9-10-28-21(26)18-12(2)24-16-5-4-6-17(25)20(16)19(18)13-7-8-14(22)15(23)11-13/h7-8,11,19,24H,3-6,9-10H2,1-2H3/t19-/m1/s1. The van der Waals surface area contributed by atoms with Crippen molar-refractivity contribution in [3.8, 4) is 0 Å². The Morgan fingerprint density at radius 2 is 2.00 bits per heavy atom. The molecule has 0 radical (unpaired) electrons. The third-order valence-electron chi connectivity index (χ3n) is 4.94. The van der Waals surface area contributed by atoms with Gasteiger partial charge in [0.2, 0.25) is 0 Å². The molecule has 7 heteroatoms. The topological polar surface area (TPSA) is 64.6 Å². The fourth-order valence-electron chi connectivity index (χ4n) is 3.69. The molecule has 0 amide bonds. The molecule has 0 aromatic heterocycles. The number of carbonyl (C=O) groups is 2. The molecule has 1 heterocycles. The van der Waals surface area contributed by atoms with Gasteiger partial charge in [0, 0.05) is 35.9 Å². The molecule has 2 aliphatic rings. The molecule has 1 aromatic carbocycles. The molecule has 1 N–H and O–H groups in total. The normalized spacial score (nSPS) is 19.4. The molecule has 1 aliphatic carbocycles. The smallest absolute Gasteiger partial charge is 0.336 e. The van der Waals surface area contributed by atoms with Crippen molar-refractivity contribution in [3.05, 3.63) is 57.9 Å². The van der Waals surface area contributed by atoms with E-state index in [1.165, 1.54) is 6.07 Å². The molecule has 0 saturated heterocycles. The number of ketones is 1. The zero-order chi connectivity index (χ0) is 20.3. The highest BCUT2D eigenvalue weighted by molar-refractivity contribution is 6.03. The lowest BCUT2D eigenvalue weighted by Crippen LogP contribution is -2.34. The molecular weight excluding hydrogens is 368 g/mol. The van der Waals surface area contributed by atoms with Crippen molar-refractivity contribution in [1.29, 1.82) is 0 Å². The predicted octanol–water partition coefficient (Wildman–Crippen LogP) is 3.51. The SMILES string of the molecule is CCOCCOC(=O)C1=C(C)NC2=C(C(=O)CCC2)[C@@H]1c1ccc(F)c(F)c1. The average Bonchev–Trinajstić information content (AvgIpc) is 2.66. The van der Waals surface area contributed by atoms with Crippen LogP contribution in [-0.2, 0) is 19.1 Å². The fourth-order valence-corrected chi connectivity index (χ4v) is 3.69. The lowest BCUT2D eigenvalue weighted by Gasteiger charge is -2.34. The second kappa shape index (κ2) is 8.65. The summed E-state index contributed by atoms with van der Waals surface area (Å²) in [5, 5.41) is 3.15. The van der Waals surface area contributed by atoms with Gasteiger partial charge in [-0.25, -0.2) is 13.6 Å². The van der Waals surface area contributed by atoms with Crippen LogP contribution in [0.2, 0.25) is 0 Å². The van der Waals surface area contributed by atoms with Gasteiger partial charge in [0.1, 0.15) is 6.61 Å². The van der Waals surface area contributed by atoms with Gasteiger partial charge in [-0.3, -0.25) is 4.79 Å². The minimum absolute atomic E-state index is 0.0633. The number of allylic oxidation sites excluding steroid dienone is 3. The maximum Gasteiger partial charge on any atom is 0.336 e. The highest BCUT2D eigenvalue weighted by Gasteiger charge is 2.39. The lowest BCUT2D eigenvalue weighted by molar-refractivity contribution is -0.140. The number of rotatable bonds is 6. The molecule has 1 aliphatic heterocycles. The van der Waals surface area contributed by atoms with E-state index in [-0.39, 0.29) is 24.6 Å². The zero-order valence-electron chi connectivity index (χ0n) is 15.9. The van der Waals surface area contributed by atoms with Crippen LogP contribution >= 0.6 is 0 Å². The predicted molar refractivity (Wildman–Crippen MR) is 98.3 cm³/mol. The van der Waals surface area contributed by atoms with Gasteiger partial charge < -0.3 is 14.8 Å². The Bertz CT molecular complexity index is 860. The summed E-state index contributed by atoms with van der Waals surface area (Å²) in [6.45, 7) is 4.37. The van der Waals surface area contributed by atoms with Crippen LogP contribution in [0.4, 0.5) is 8.78 Å². The van der Waals surface area contributed by atoms with Gasteiger partial charge >= 0.3 is 5.97 Å². The number of hydrogen-bond acceptors (Lipinski definition) is 5. The van der Waals surface area contributed by atoms with Crippen LogP contribution in [0.3, 0.4) is 0 Å². The Morgan fingerprint density at radius 3 is 2.71 bits per heavy atom. The van der Waals surface area contributed by atoms with Gasteiger partial charge in [-0.2, -0.15) is 0 Å². The summed E-state index contributed by atoms with van der Waals surface area (Å²) in [4.78, 5) is 25.5. The van der Waals surface area contributed by atoms with E-state index in [1.54, 1.807) is 6.92 Å². The molecule has 3 rings (SSSR count). The molecule has 28 heavy (non-hydrogen) atoms. The molecule has 0 spiro atoms. The first-order valence-electron chi connectivity index (χ1n) is 9.37. The number of halogens is 2. The first kappa shape index (κ1) is 20.2. The average molecular weight is 391 g/mol. The van der Waals surface area contributed by atoms with E-state index in [2.05, 4.69) is 5.32 Å². The number of ether oxygens (including phenoxy) is 2. The van der Waals surface area contributed by atoms with Crippen molar-refractivity contribution >= 4 is 11.8 Å². The monoisotopic (exact) mass is 391 g/mol. The van der Waals surface area contributed by atoms with Gasteiger partial charge in [-0.1, -0.05) is 6.07 Å². The first-order chi connectivity index (χ1) is 13.4. The molecule has 150 valence electrons. The Labute approximate surface area is 162 Å². The van der Waals surface area contributed by atoms with Gasteiger partial charge in [0.05, 0.1) is 12.2 Å². The number of Topliss-reactive ketones (excluding diaryl/α,β-unsaturated/α-hetero) is 1. The second-order valence-electron chi connectivity index (χ2n) is 6.77. The summed E-state index contributed by atoms with van der Waals surface area (Å²) in [6.07, 6.45) is 1.72. The first-order valence-corrected chi connectivity index (χ1v) is 9.37. The van der Waals surface area contributed by atoms with E-state index >= 15 is 0 Å². The Kier molecular flexibility index (Phi) is 6.24. The maximum atomic E-state index is 13.9. The summed E-state index contributed by atoms with van der Waals surface area (Å²) in [5.74, 6) is -3.51. The van der Waals surface area contributed by atoms with Crippen LogP contribution in [0, 0.1) is 11.6 Å². The molecular formula is C21H23F2NO4. The van der Waals surface area contributed by atoms with E-state index in [0.29, 0.717) is 42.7 Å². The molecule has 0 fully saturated rings. The summed E-state index contributed by atoms with van der Waals surface area (Å²) < 4.78 is 37.9. The lowest BCUT2D eigenvalue weighted by atomic mass is 9.75. The van der Waals surface area contributed by atoms with Gasteiger partial charge in [-0.15, -0.1) is 0 Å². The van der Waals surface area contributed by atoms with Crippen LogP contribution in [0.25, 0.3) is 0 Å². The van der Waals surface area contributed by atoms with Crippen LogP contribution in [-0.4, -0.2) is 31.6 Å². The summed E-state index contributed by atoms with van der Waals surface area (Å²) in [5.41, 5.74) is 2.29. The van der Waals surface area contributed by atoms with Gasteiger partial charge in [-0.05, 0) is 44.4 Å². The highest BCUT2D eigenvalue weighted by atomic mass is 19.2. The van der Waals surface area contributed by atoms with E-state index in [0.717, 1.165) is 17.8 Å². The number of esters is 1. The molecule has 0 unspecified atom stereocenters. The minimum Gasteiger partial charge on any atom is -0.460 e. The third kappa shape index (κ3) is 3.99. The van der Waals surface area contributed by atoms with Crippen molar-refractivity contribution in [1.82, 2.24) is 5.32 Å². The van der Waals surface area contributed by atoms with Crippen LogP contribution in [0.5, 0.6) is 0 Å². The van der Waals surface area contributed by atoms with Gasteiger partial charge in [0.25, 0.3) is 0 Å². The van der Waals surface area contributed by atoms with E-state index in [4.69, 9.17) is 9.47 Å². The van der Waals surface area contributed by atoms with Crippen molar-refractivity contribution < 1.29 is 27.8 Å². The second-order valence-corrected chi connectivity index (χ2v) is 6.77. The van der Waals surface area contributed by atoms with Crippen molar-refractivity contribution in [3.63, 3.8) is 0 Å². The third-order valence-corrected chi connectivity index (χ3v) is 4.94.